The lowest BCUT2D eigenvalue weighted by molar-refractivity contribution is -0.131. The Morgan fingerprint density at radius 1 is 1.64 bits per heavy atom. The average Bonchev–Trinajstić information content (AvgIpc) is 2.00. The number of carbonyl (C=O) groups excluding carboxylic acids is 1. The smallest absolute Gasteiger partial charge is 0.151 e. The molecule has 0 saturated heterocycles. The summed E-state index contributed by atoms with van der Waals surface area (Å²) < 4.78 is 4.95. The van der Waals surface area contributed by atoms with Gasteiger partial charge in [0, 0.05) is 0 Å². The Balaban J connectivity index is 3.60. The number of aldehydes is 1. The monoisotopic (exact) mass is 162 g/mol. The van der Waals surface area contributed by atoms with Crippen LogP contribution in [0.5, 0.6) is 0 Å². The van der Waals surface area contributed by atoms with Gasteiger partial charge in [-0.05, 0) is 13.8 Å². The molecule has 0 aliphatic heterocycles. The Morgan fingerprint density at radius 2 is 2.18 bits per heavy atom. The molecule has 0 bridgehead atoms. The quantitative estimate of drug-likeness (QED) is 0.526. The zero-order chi connectivity index (χ0) is 8.91. The van der Waals surface area contributed by atoms with Crippen molar-refractivity contribution in [3.63, 3.8) is 0 Å². The lowest BCUT2D eigenvalue weighted by Gasteiger charge is -2.19. The highest BCUT2D eigenvalue weighted by Gasteiger charge is 2.18. The van der Waals surface area contributed by atoms with Gasteiger partial charge in [0.2, 0.25) is 0 Å². The molecule has 0 fully saturated rings. The SMILES string of the molecule is CC(C)(C=O)OCC(O)CO. The minimum atomic E-state index is -0.908. The third kappa shape index (κ3) is 4.89. The lowest BCUT2D eigenvalue weighted by Crippen LogP contribution is -2.31. The standard InChI is InChI=1S/C7H14O4/c1-7(2,5-9)11-4-6(10)3-8/h5-6,8,10H,3-4H2,1-2H3. The van der Waals surface area contributed by atoms with Gasteiger partial charge in [-0.1, -0.05) is 0 Å². The van der Waals surface area contributed by atoms with Crippen molar-refractivity contribution in [3.8, 4) is 0 Å². The molecule has 0 radical (unpaired) electrons. The number of ether oxygens (including phenoxy) is 1. The van der Waals surface area contributed by atoms with E-state index in [1.807, 2.05) is 0 Å². The van der Waals surface area contributed by atoms with E-state index in [0.29, 0.717) is 6.29 Å². The molecule has 0 aromatic heterocycles. The van der Waals surface area contributed by atoms with Crippen molar-refractivity contribution < 1.29 is 19.7 Å². The second-order valence-corrected chi connectivity index (χ2v) is 2.87. The average molecular weight is 162 g/mol. The molecule has 0 aliphatic rings. The minimum absolute atomic E-state index is 0.0256. The number of carbonyl (C=O) groups is 1. The largest absolute Gasteiger partial charge is 0.394 e. The zero-order valence-corrected chi connectivity index (χ0v) is 6.78. The van der Waals surface area contributed by atoms with Crippen molar-refractivity contribution in [1.82, 2.24) is 0 Å². The normalized spacial score (nSPS) is 14.5. The van der Waals surface area contributed by atoms with Gasteiger partial charge in [0.15, 0.2) is 6.29 Å². The van der Waals surface area contributed by atoms with E-state index in [2.05, 4.69) is 0 Å². The van der Waals surface area contributed by atoms with E-state index in [4.69, 9.17) is 14.9 Å². The summed E-state index contributed by atoms with van der Waals surface area (Å²) in [5.41, 5.74) is -0.879. The fraction of sp³-hybridized carbons (Fsp3) is 0.857. The Kier molecular flexibility index (Phi) is 4.25. The van der Waals surface area contributed by atoms with Crippen molar-refractivity contribution >= 4 is 6.29 Å². The van der Waals surface area contributed by atoms with Gasteiger partial charge in [0.25, 0.3) is 0 Å². The number of hydrogen-bond donors (Lipinski definition) is 2. The van der Waals surface area contributed by atoms with E-state index in [9.17, 15) is 4.79 Å². The van der Waals surface area contributed by atoms with Crippen LogP contribution in [-0.2, 0) is 9.53 Å². The van der Waals surface area contributed by atoms with Gasteiger partial charge in [-0.25, -0.2) is 0 Å². The summed E-state index contributed by atoms with van der Waals surface area (Å²) in [6, 6.07) is 0. The van der Waals surface area contributed by atoms with Gasteiger partial charge in [0.05, 0.1) is 13.2 Å². The van der Waals surface area contributed by atoms with Crippen LogP contribution in [0.2, 0.25) is 0 Å². The third-order valence-corrected chi connectivity index (χ3v) is 1.14. The van der Waals surface area contributed by atoms with E-state index in [1.165, 1.54) is 0 Å². The van der Waals surface area contributed by atoms with Gasteiger partial charge >= 0.3 is 0 Å². The van der Waals surface area contributed by atoms with Crippen molar-refractivity contribution in [2.45, 2.75) is 25.6 Å². The van der Waals surface area contributed by atoms with Crippen LogP contribution in [0.25, 0.3) is 0 Å². The maximum Gasteiger partial charge on any atom is 0.151 e. The van der Waals surface area contributed by atoms with E-state index in [0.717, 1.165) is 0 Å². The first-order chi connectivity index (χ1) is 5.02. The van der Waals surface area contributed by atoms with Crippen LogP contribution >= 0.6 is 0 Å². The molecule has 0 rings (SSSR count). The topological polar surface area (TPSA) is 66.8 Å². The minimum Gasteiger partial charge on any atom is -0.394 e. The molecule has 0 spiro atoms. The molecule has 0 aromatic carbocycles. The molecule has 1 atom stereocenters. The van der Waals surface area contributed by atoms with Gasteiger partial charge < -0.3 is 19.7 Å². The number of aliphatic hydroxyl groups is 2. The summed E-state index contributed by atoms with van der Waals surface area (Å²) in [6.45, 7) is 2.80. The van der Waals surface area contributed by atoms with Gasteiger partial charge in [-0.15, -0.1) is 0 Å². The molecule has 0 aromatic rings. The second kappa shape index (κ2) is 4.43. The number of aliphatic hydroxyl groups excluding tert-OH is 2. The van der Waals surface area contributed by atoms with Crippen molar-refractivity contribution in [2.24, 2.45) is 0 Å². The summed E-state index contributed by atoms with van der Waals surface area (Å²) in [7, 11) is 0. The van der Waals surface area contributed by atoms with Gasteiger partial charge in [-0.3, -0.25) is 0 Å². The Morgan fingerprint density at radius 3 is 2.55 bits per heavy atom. The Labute approximate surface area is 65.8 Å². The highest BCUT2D eigenvalue weighted by molar-refractivity contribution is 5.60. The lowest BCUT2D eigenvalue weighted by atomic mass is 10.2. The molecule has 4 nitrogen and oxygen atoms in total. The maximum atomic E-state index is 10.3. The van der Waals surface area contributed by atoms with E-state index in [-0.39, 0.29) is 13.2 Å². The summed E-state index contributed by atoms with van der Waals surface area (Å²) in [5.74, 6) is 0. The van der Waals surface area contributed by atoms with Crippen LogP contribution in [-0.4, -0.2) is 41.4 Å². The summed E-state index contributed by atoms with van der Waals surface area (Å²) in [4.78, 5) is 10.3. The fourth-order valence-corrected chi connectivity index (χ4v) is 0.398. The second-order valence-electron chi connectivity index (χ2n) is 2.87. The van der Waals surface area contributed by atoms with E-state index in [1.54, 1.807) is 13.8 Å². The molecule has 4 heteroatoms. The third-order valence-electron chi connectivity index (χ3n) is 1.14. The maximum absolute atomic E-state index is 10.3. The first kappa shape index (κ1) is 10.6. The molecule has 0 heterocycles. The number of hydrogen-bond acceptors (Lipinski definition) is 4. The highest BCUT2D eigenvalue weighted by Crippen LogP contribution is 2.04. The Hall–Kier alpha value is -0.450. The summed E-state index contributed by atoms with van der Waals surface area (Å²) in [5, 5.41) is 17.2. The van der Waals surface area contributed by atoms with Crippen molar-refractivity contribution in [3.05, 3.63) is 0 Å². The molecule has 11 heavy (non-hydrogen) atoms. The van der Waals surface area contributed by atoms with Crippen LogP contribution in [0.3, 0.4) is 0 Å². The molecule has 0 aliphatic carbocycles. The predicted molar refractivity (Wildman–Crippen MR) is 39.2 cm³/mol. The van der Waals surface area contributed by atoms with Crippen molar-refractivity contribution in [1.29, 1.82) is 0 Å². The van der Waals surface area contributed by atoms with Gasteiger partial charge in [-0.2, -0.15) is 0 Å². The molecular formula is C7H14O4. The van der Waals surface area contributed by atoms with Crippen LogP contribution in [0.1, 0.15) is 13.8 Å². The first-order valence-corrected chi connectivity index (χ1v) is 3.41. The predicted octanol–water partition coefficient (Wildman–Crippen LogP) is -0.666. The van der Waals surface area contributed by atoms with Crippen LogP contribution < -0.4 is 0 Å². The van der Waals surface area contributed by atoms with Gasteiger partial charge in [0.1, 0.15) is 11.7 Å². The molecule has 66 valence electrons. The van der Waals surface area contributed by atoms with Crippen LogP contribution in [0.4, 0.5) is 0 Å². The summed E-state index contributed by atoms with van der Waals surface area (Å²) >= 11 is 0. The molecule has 2 N–H and O–H groups in total. The fourth-order valence-electron chi connectivity index (χ4n) is 0.398. The number of rotatable bonds is 5. The van der Waals surface area contributed by atoms with E-state index >= 15 is 0 Å². The molecular weight excluding hydrogens is 148 g/mol. The zero-order valence-electron chi connectivity index (χ0n) is 6.78. The van der Waals surface area contributed by atoms with E-state index < -0.39 is 11.7 Å². The molecule has 0 amide bonds. The summed E-state index contributed by atoms with van der Waals surface area (Å²) in [6.07, 6.45) is -0.258. The van der Waals surface area contributed by atoms with Crippen LogP contribution in [0, 0.1) is 0 Å². The Bertz CT molecular complexity index is 122. The highest BCUT2D eigenvalue weighted by atomic mass is 16.5. The first-order valence-electron chi connectivity index (χ1n) is 3.41. The molecule has 0 saturated carbocycles. The van der Waals surface area contributed by atoms with Crippen molar-refractivity contribution in [2.75, 3.05) is 13.2 Å². The van der Waals surface area contributed by atoms with Crippen LogP contribution in [0.15, 0.2) is 0 Å². The molecule has 1 unspecified atom stereocenters.